The van der Waals surface area contributed by atoms with E-state index in [-0.39, 0.29) is 10.7 Å². The van der Waals surface area contributed by atoms with Gasteiger partial charge in [-0.1, -0.05) is 24.9 Å². The zero-order valence-electron chi connectivity index (χ0n) is 10.5. The minimum Gasteiger partial charge on any atom is -0.480 e. The van der Waals surface area contributed by atoms with Gasteiger partial charge in [0.05, 0.1) is 11.3 Å². The minimum atomic E-state index is -1.05. The van der Waals surface area contributed by atoms with Crippen LogP contribution in [0.5, 0.6) is 0 Å². The Morgan fingerprint density at radius 1 is 1.56 bits per heavy atom. The Hall–Kier alpha value is -1.56. The van der Waals surface area contributed by atoms with Gasteiger partial charge in [0.2, 0.25) is 0 Å². The molecule has 0 spiro atoms. The molecule has 1 heterocycles. The molecule has 0 fully saturated rings. The second kappa shape index (κ2) is 5.86. The lowest BCUT2D eigenvalue weighted by atomic mass is 10.1. The van der Waals surface area contributed by atoms with E-state index in [1.54, 1.807) is 14.0 Å². The van der Waals surface area contributed by atoms with Gasteiger partial charge in [0.25, 0.3) is 5.91 Å². The summed E-state index contributed by atoms with van der Waals surface area (Å²) in [5, 5.41) is 15.6. The quantitative estimate of drug-likeness (QED) is 0.848. The van der Waals surface area contributed by atoms with Crippen LogP contribution in [0.4, 0.5) is 0 Å². The highest BCUT2D eigenvalue weighted by atomic mass is 35.5. The van der Waals surface area contributed by atoms with Crippen molar-refractivity contribution < 1.29 is 14.7 Å². The number of halogens is 1. The van der Waals surface area contributed by atoms with Crippen LogP contribution in [0.2, 0.25) is 5.15 Å². The fourth-order valence-electron chi connectivity index (χ4n) is 1.66. The molecule has 6 nitrogen and oxygen atoms in total. The molecule has 0 aliphatic carbocycles. The zero-order valence-corrected chi connectivity index (χ0v) is 11.3. The Morgan fingerprint density at radius 3 is 2.56 bits per heavy atom. The molecule has 18 heavy (non-hydrogen) atoms. The summed E-state index contributed by atoms with van der Waals surface area (Å²) in [5.41, 5.74) is 0.696. The summed E-state index contributed by atoms with van der Waals surface area (Å²) in [6.07, 6.45) is 1.04. The summed E-state index contributed by atoms with van der Waals surface area (Å²) in [6, 6.07) is -0.904. The smallest absolute Gasteiger partial charge is 0.326 e. The highest BCUT2D eigenvalue weighted by Crippen LogP contribution is 2.18. The molecular formula is C11H16ClN3O3. The Bertz CT molecular complexity index is 470. The minimum absolute atomic E-state index is 0.200. The van der Waals surface area contributed by atoms with Crippen LogP contribution in [-0.4, -0.2) is 32.8 Å². The summed E-state index contributed by atoms with van der Waals surface area (Å²) in [7, 11) is 1.62. The normalized spacial score (nSPS) is 12.2. The Balaban J connectivity index is 2.90. The lowest BCUT2D eigenvalue weighted by Gasteiger charge is -2.13. The van der Waals surface area contributed by atoms with Crippen LogP contribution in [0, 0.1) is 6.92 Å². The van der Waals surface area contributed by atoms with Crippen molar-refractivity contribution in [1.29, 1.82) is 0 Å². The molecule has 1 rings (SSSR count). The Labute approximate surface area is 110 Å². The Kier molecular flexibility index (Phi) is 4.72. The Morgan fingerprint density at radius 2 is 2.17 bits per heavy atom. The number of aromatic nitrogens is 2. The third kappa shape index (κ3) is 3.01. The number of amides is 1. The van der Waals surface area contributed by atoms with Gasteiger partial charge in [-0.2, -0.15) is 5.10 Å². The first-order valence-electron chi connectivity index (χ1n) is 5.61. The molecule has 0 saturated carbocycles. The first-order valence-corrected chi connectivity index (χ1v) is 5.99. The fourth-order valence-corrected chi connectivity index (χ4v) is 1.92. The van der Waals surface area contributed by atoms with Gasteiger partial charge in [-0.05, 0) is 13.3 Å². The highest BCUT2D eigenvalue weighted by molar-refractivity contribution is 6.33. The number of nitrogens with zero attached hydrogens (tertiary/aromatic N) is 2. The SMILES string of the molecule is CCC[C@@H](NC(=O)c1c(C)nn(C)c1Cl)C(=O)O. The molecule has 0 bridgehead atoms. The summed E-state index contributed by atoms with van der Waals surface area (Å²) >= 11 is 5.94. The second-order valence-corrected chi connectivity index (χ2v) is 4.39. The van der Waals surface area contributed by atoms with E-state index in [4.69, 9.17) is 16.7 Å². The van der Waals surface area contributed by atoms with Gasteiger partial charge in [-0.3, -0.25) is 9.48 Å². The predicted octanol–water partition coefficient (Wildman–Crippen LogP) is 1.37. The molecule has 0 saturated heterocycles. The van der Waals surface area contributed by atoms with E-state index in [0.717, 1.165) is 0 Å². The summed E-state index contributed by atoms with van der Waals surface area (Å²) in [4.78, 5) is 22.9. The monoisotopic (exact) mass is 273 g/mol. The van der Waals surface area contributed by atoms with E-state index in [0.29, 0.717) is 18.5 Å². The van der Waals surface area contributed by atoms with Crippen molar-refractivity contribution in [1.82, 2.24) is 15.1 Å². The van der Waals surface area contributed by atoms with Crippen molar-refractivity contribution in [3.8, 4) is 0 Å². The van der Waals surface area contributed by atoms with Gasteiger partial charge in [-0.25, -0.2) is 4.79 Å². The second-order valence-electron chi connectivity index (χ2n) is 4.03. The molecule has 1 aromatic heterocycles. The number of hydrogen-bond donors (Lipinski definition) is 2. The molecule has 0 aromatic carbocycles. The zero-order chi connectivity index (χ0) is 13.9. The molecular weight excluding hydrogens is 258 g/mol. The maximum atomic E-state index is 12.0. The maximum Gasteiger partial charge on any atom is 0.326 e. The number of carbonyl (C=O) groups excluding carboxylic acids is 1. The molecule has 1 aromatic rings. The van der Waals surface area contributed by atoms with Crippen LogP contribution in [0.1, 0.15) is 35.8 Å². The molecule has 0 aliphatic heterocycles. The topological polar surface area (TPSA) is 84.2 Å². The van der Waals surface area contributed by atoms with E-state index in [2.05, 4.69) is 10.4 Å². The summed E-state index contributed by atoms with van der Waals surface area (Å²) in [6.45, 7) is 3.50. The number of hydrogen-bond acceptors (Lipinski definition) is 3. The molecule has 2 N–H and O–H groups in total. The van der Waals surface area contributed by atoms with Crippen molar-refractivity contribution in [3.63, 3.8) is 0 Å². The van der Waals surface area contributed by atoms with Crippen LogP contribution in [0.25, 0.3) is 0 Å². The van der Waals surface area contributed by atoms with Crippen LogP contribution in [0.15, 0.2) is 0 Å². The van der Waals surface area contributed by atoms with Gasteiger partial charge in [0, 0.05) is 7.05 Å². The molecule has 100 valence electrons. The number of carbonyl (C=O) groups is 2. The summed E-state index contributed by atoms with van der Waals surface area (Å²) < 4.78 is 1.38. The largest absolute Gasteiger partial charge is 0.480 e. The van der Waals surface area contributed by atoms with Gasteiger partial charge in [0.1, 0.15) is 11.2 Å². The third-order valence-electron chi connectivity index (χ3n) is 2.56. The predicted molar refractivity (Wildman–Crippen MR) is 66.8 cm³/mol. The average Bonchev–Trinajstić information content (AvgIpc) is 2.52. The van der Waals surface area contributed by atoms with Crippen LogP contribution in [-0.2, 0) is 11.8 Å². The van der Waals surface area contributed by atoms with E-state index >= 15 is 0 Å². The van der Waals surface area contributed by atoms with Crippen molar-refractivity contribution in [2.24, 2.45) is 7.05 Å². The lowest BCUT2D eigenvalue weighted by molar-refractivity contribution is -0.139. The molecule has 0 unspecified atom stereocenters. The van der Waals surface area contributed by atoms with E-state index in [9.17, 15) is 9.59 Å². The van der Waals surface area contributed by atoms with Crippen molar-refractivity contribution in [3.05, 3.63) is 16.4 Å². The van der Waals surface area contributed by atoms with Crippen LogP contribution in [0.3, 0.4) is 0 Å². The number of carboxylic acids is 1. The molecule has 0 aliphatic rings. The van der Waals surface area contributed by atoms with Crippen molar-refractivity contribution in [2.75, 3.05) is 0 Å². The number of rotatable bonds is 5. The van der Waals surface area contributed by atoms with Gasteiger partial charge >= 0.3 is 5.97 Å². The first-order chi connectivity index (χ1) is 8.38. The van der Waals surface area contributed by atoms with Crippen LogP contribution < -0.4 is 5.32 Å². The number of carboxylic acid groups (broad SMARTS) is 1. The van der Waals surface area contributed by atoms with E-state index < -0.39 is 17.9 Å². The third-order valence-corrected chi connectivity index (χ3v) is 2.99. The van der Waals surface area contributed by atoms with Crippen molar-refractivity contribution in [2.45, 2.75) is 32.7 Å². The number of aliphatic carboxylic acids is 1. The van der Waals surface area contributed by atoms with Gasteiger partial charge in [-0.15, -0.1) is 0 Å². The molecule has 1 atom stereocenters. The molecule has 0 radical (unpaired) electrons. The van der Waals surface area contributed by atoms with Gasteiger partial charge in [0.15, 0.2) is 0 Å². The lowest BCUT2D eigenvalue weighted by Crippen LogP contribution is -2.40. The van der Waals surface area contributed by atoms with E-state index in [1.165, 1.54) is 4.68 Å². The van der Waals surface area contributed by atoms with Crippen molar-refractivity contribution >= 4 is 23.5 Å². The molecule has 1 amide bonds. The summed E-state index contributed by atoms with van der Waals surface area (Å²) in [5.74, 6) is -1.56. The van der Waals surface area contributed by atoms with Gasteiger partial charge < -0.3 is 10.4 Å². The van der Waals surface area contributed by atoms with Crippen LogP contribution >= 0.6 is 11.6 Å². The molecule has 7 heteroatoms. The fraction of sp³-hybridized carbons (Fsp3) is 0.545. The standard InChI is InChI=1S/C11H16ClN3O3/c1-4-5-7(11(17)18)13-10(16)8-6(2)14-15(3)9(8)12/h7H,4-5H2,1-3H3,(H,13,16)(H,17,18)/t7-/m1/s1. The first kappa shape index (κ1) is 14.5. The maximum absolute atomic E-state index is 12.0. The number of nitrogens with one attached hydrogen (secondary N) is 1. The number of aryl methyl sites for hydroxylation is 2. The van der Waals surface area contributed by atoms with E-state index in [1.807, 2.05) is 6.92 Å². The average molecular weight is 274 g/mol. The highest BCUT2D eigenvalue weighted by Gasteiger charge is 2.24.